The Labute approximate surface area is 116 Å². The molecule has 0 radical (unpaired) electrons. The van der Waals surface area contributed by atoms with Crippen molar-refractivity contribution in [2.45, 2.75) is 51.9 Å². The van der Waals surface area contributed by atoms with Crippen molar-refractivity contribution < 1.29 is 9.13 Å². The van der Waals surface area contributed by atoms with Crippen molar-refractivity contribution >= 4 is 5.69 Å². The largest absolute Gasteiger partial charge is 0.497 e. The van der Waals surface area contributed by atoms with Crippen LogP contribution in [0.3, 0.4) is 0 Å². The van der Waals surface area contributed by atoms with Crippen LogP contribution in [0.1, 0.15) is 51.9 Å². The smallest absolute Gasteiger partial charge is 0.146 e. The van der Waals surface area contributed by atoms with Gasteiger partial charge in [0.25, 0.3) is 0 Å². The fourth-order valence-corrected chi connectivity index (χ4v) is 2.07. The maximum Gasteiger partial charge on any atom is 0.146 e. The average molecular weight is 267 g/mol. The Morgan fingerprint density at radius 3 is 2.42 bits per heavy atom. The summed E-state index contributed by atoms with van der Waals surface area (Å²) in [5.41, 5.74) is 0.533. The molecule has 0 aliphatic heterocycles. The molecule has 0 saturated carbocycles. The number of hydrogen-bond acceptors (Lipinski definition) is 2. The van der Waals surface area contributed by atoms with Crippen molar-refractivity contribution in [3.8, 4) is 5.75 Å². The van der Waals surface area contributed by atoms with Gasteiger partial charge in [0.15, 0.2) is 0 Å². The summed E-state index contributed by atoms with van der Waals surface area (Å²) in [7, 11) is 1.59. The van der Waals surface area contributed by atoms with Gasteiger partial charge in [-0.2, -0.15) is 0 Å². The highest BCUT2D eigenvalue weighted by atomic mass is 19.1. The normalized spacial score (nSPS) is 10.5. The van der Waals surface area contributed by atoms with Gasteiger partial charge in [-0.05, 0) is 18.6 Å². The minimum absolute atomic E-state index is 0.219. The maximum absolute atomic E-state index is 13.5. The molecule has 1 N–H and O–H groups in total. The first-order valence-corrected chi connectivity index (χ1v) is 7.35. The van der Waals surface area contributed by atoms with Crippen LogP contribution in [-0.4, -0.2) is 13.7 Å². The molecular formula is C16H26FNO. The Kier molecular flexibility index (Phi) is 8.03. The molecule has 0 bridgehead atoms. The highest BCUT2D eigenvalue weighted by Gasteiger charge is 2.02. The van der Waals surface area contributed by atoms with Crippen LogP contribution in [0.25, 0.3) is 0 Å². The number of ether oxygens (including phenoxy) is 1. The van der Waals surface area contributed by atoms with Crippen LogP contribution in [-0.2, 0) is 0 Å². The highest BCUT2D eigenvalue weighted by Crippen LogP contribution is 2.21. The fraction of sp³-hybridized carbons (Fsp3) is 0.625. The standard InChI is InChI=1S/C16H26FNO/c1-3-4-5-6-7-8-9-12-18-16-13-14(19-2)10-11-15(16)17/h10-11,13,18H,3-9,12H2,1-2H3. The lowest BCUT2D eigenvalue weighted by Crippen LogP contribution is -2.03. The highest BCUT2D eigenvalue weighted by molar-refractivity contribution is 5.49. The third-order valence-corrected chi connectivity index (χ3v) is 3.27. The van der Waals surface area contributed by atoms with E-state index in [1.807, 2.05) is 0 Å². The number of methoxy groups -OCH3 is 1. The van der Waals surface area contributed by atoms with Gasteiger partial charge in [-0.15, -0.1) is 0 Å². The predicted octanol–water partition coefficient (Wildman–Crippen LogP) is 5.00. The molecule has 0 amide bonds. The van der Waals surface area contributed by atoms with Gasteiger partial charge in [0, 0.05) is 12.6 Å². The maximum atomic E-state index is 13.5. The van der Waals surface area contributed by atoms with Gasteiger partial charge >= 0.3 is 0 Å². The van der Waals surface area contributed by atoms with Gasteiger partial charge in [0.2, 0.25) is 0 Å². The number of rotatable bonds is 10. The second kappa shape index (κ2) is 9.65. The van der Waals surface area contributed by atoms with Gasteiger partial charge in [-0.3, -0.25) is 0 Å². The van der Waals surface area contributed by atoms with E-state index < -0.39 is 0 Å². The van der Waals surface area contributed by atoms with Crippen molar-refractivity contribution in [1.29, 1.82) is 0 Å². The lowest BCUT2D eigenvalue weighted by atomic mass is 10.1. The zero-order chi connectivity index (χ0) is 13.9. The minimum Gasteiger partial charge on any atom is -0.497 e. The average Bonchev–Trinajstić information content (AvgIpc) is 2.43. The van der Waals surface area contributed by atoms with Crippen LogP contribution in [0.2, 0.25) is 0 Å². The van der Waals surface area contributed by atoms with Crippen LogP contribution in [0, 0.1) is 5.82 Å². The van der Waals surface area contributed by atoms with E-state index in [1.165, 1.54) is 44.6 Å². The third-order valence-electron chi connectivity index (χ3n) is 3.27. The van der Waals surface area contributed by atoms with Crippen LogP contribution >= 0.6 is 0 Å². The molecule has 108 valence electrons. The lowest BCUT2D eigenvalue weighted by molar-refractivity contribution is 0.414. The summed E-state index contributed by atoms with van der Waals surface area (Å²) in [5.74, 6) is 0.465. The van der Waals surface area contributed by atoms with E-state index in [4.69, 9.17) is 4.74 Å². The molecule has 0 heterocycles. The minimum atomic E-state index is -0.219. The molecule has 0 aliphatic carbocycles. The van der Waals surface area contributed by atoms with E-state index in [0.29, 0.717) is 11.4 Å². The number of benzene rings is 1. The molecule has 0 saturated heterocycles. The summed E-state index contributed by atoms with van der Waals surface area (Å²) in [5, 5.41) is 3.13. The molecule has 0 fully saturated rings. The Balaban J connectivity index is 2.15. The van der Waals surface area contributed by atoms with Gasteiger partial charge in [-0.25, -0.2) is 4.39 Å². The molecule has 19 heavy (non-hydrogen) atoms. The summed E-state index contributed by atoms with van der Waals surface area (Å²) < 4.78 is 18.6. The van der Waals surface area contributed by atoms with Crippen LogP contribution < -0.4 is 10.1 Å². The summed E-state index contributed by atoms with van der Waals surface area (Å²) in [6, 6.07) is 4.77. The molecule has 2 nitrogen and oxygen atoms in total. The summed E-state index contributed by atoms with van der Waals surface area (Å²) in [4.78, 5) is 0. The van der Waals surface area contributed by atoms with E-state index >= 15 is 0 Å². The van der Waals surface area contributed by atoms with Crippen molar-refractivity contribution in [3.63, 3.8) is 0 Å². The number of halogens is 1. The zero-order valence-electron chi connectivity index (χ0n) is 12.2. The first-order chi connectivity index (χ1) is 9.27. The zero-order valence-corrected chi connectivity index (χ0v) is 12.2. The number of nitrogens with one attached hydrogen (secondary N) is 1. The molecule has 0 spiro atoms. The van der Waals surface area contributed by atoms with E-state index in [9.17, 15) is 4.39 Å². The monoisotopic (exact) mass is 267 g/mol. The van der Waals surface area contributed by atoms with Gasteiger partial charge in [0.05, 0.1) is 12.8 Å². The summed E-state index contributed by atoms with van der Waals surface area (Å²) in [6.07, 6.45) is 8.87. The molecular weight excluding hydrogens is 241 g/mol. The second-order valence-electron chi connectivity index (χ2n) is 4.89. The van der Waals surface area contributed by atoms with Crippen LogP contribution in [0.5, 0.6) is 5.75 Å². The first kappa shape index (κ1) is 15.8. The quantitative estimate of drug-likeness (QED) is 0.602. The molecule has 1 aromatic carbocycles. The SMILES string of the molecule is CCCCCCCCCNc1cc(OC)ccc1F. The molecule has 0 unspecified atom stereocenters. The van der Waals surface area contributed by atoms with E-state index in [1.54, 1.807) is 19.2 Å². The molecule has 1 rings (SSSR count). The van der Waals surface area contributed by atoms with Crippen molar-refractivity contribution in [3.05, 3.63) is 24.0 Å². The lowest BCUT2D eigenvalue weighted by Gasteiger charge is -2.09. The van der Waals surface area contributed by atoms with Crippen molar-refractivity contribution in [2.75, 3.05) is 19.0 Å². The van der Waals surface area contributed by atoms with Crippen molar-refractivity contribution in [1.82, 2.24) is 0 Å². The number of unbranched alkanes of at least 4 members (excludes halogenated alkanes) is 6. The Morgan fingerprint density at radius 1 is 1.05 bits per heavy atom. The number of hydrogen-bond donors (Lipinski definition) is 1. The van der Waals surface area contributed by atoms with E-state index in [2.05, 4.69) is 12.2 Å². The molecule has 0 aromatic heterocycles. The predicted molar refractivity (Wildman–Crippen MR) is 79.4 cm³/mol. The Bertz CT molecular complexity index is 355. The Hall–Kier alpha value is -1.25. The summed E-state index contributed by atoms with van der Waals surface area (Å²) in [6.45, 7) is 3.05. The van der Waals surface area contributed by atoms with Gasteiger partial charge in [0.1, 0.15) is 11.6 Å². The van der Waals surface area contributed by atoms with Crippen LogP contribution in [0.4, 0.5) is 10.1 Å². The second-order valence-corrected chi connectivity index (χ2v) is 4.89. The number of anilines is 1. The van der Waals surface area contributed by atoms with E-state index in [-0.39, 0.29) is 5.82 Å². The van der Waals surface area contributed by atoms with Gasteiger partial charge < -0.3 is 10.1 Å². The molecule has 0 aliphatic rings. The van der Waals surface area contributed by atoms with Crippen molar-refractivity contribution in [2.24, 2.45) is 0 Å². The molecule has 1 aromatic rings. The van der Waals surface area contributed by atoms with Crippen LogP contribution in [0.15, 0.2) is 18.2 Å². The fourth-order valence-electron chi connectivity index (χ4n) is 2.07. The Morgan fingerprint density at radius 2 is 1.74 bits per heavy atom. The molecule has 0 atom stereocenters. The third kappa shape index (κ3) is 6.46. The first-order valence-electron chi connectivity index (χ1n) is 7.35. The molecule has 3 heteroatoms. The topological polar surface area (TPSA) is 21.3 Å². The van der Waals surface area contributed by atoms with Gasteiger partial charge in [-0.1, -0.05) is 45.4 Å². The van der Waals surface area contributed by atoms with E-state index in [0.717, 1.165) is 13.0 Å². The summed E-state index contributed by atoms with van der Waals surface area (Å²) >= 11 is 0.